The van der Waals surface area contributed by atoms with E-state index in [1.807, 2.05) is 26.8 Å². The normalized spacial score (nSPS) is 13.2. The number of esters is 1. The smallest absolute Gasteiger partial charge is 0.309 e. The molecule has 1 N–H and O–H groups in total. The number of ether oxygens (including phenoxy) is 1. The van der Waals surface area contributed by atoms with Gasteiger partial charge < -0.3 is 9.84 Å². The van der Waals surface area contributed by atoms with Gasteiger partial charge in [0.25, 0.3) is 0 Å². The van der Waals surface area contributed by atoms with Crippen LogP contribution in [0.2, 0.25) is 0 Å². The topological polar surface area (TPSA) is 46.5 Å². The van der Waals surface area contributed by atoms with Crippen LogP contribution in [0.1, 0.15) is 63.6 Å². The van der Waals surface area contributed by atoms with Gasteiger partial charge in [-0.1, -0.05) is 85.8 Å². The lowest BCUT2D eigenvalue weighted by Crippen LogP contribution is -2.33. The number of aryl methyl sites for hydroxylation is 3. The molecular weight excluding hydrogens is 444 g/mol. The number of hydrogen-bond donors (Lipinski definition) is 1. The molecule has 3 rings (SSSR count). The average molecular weight is 487 g/mol. The minimum Gasteiger partial charge on any atom is -0.460 e. The second-order valence-electron chi connectivity index (χ2n) is 10.7. The molecule has 0 heterocycles. The van der Waals surface area contributed by atoms with Crippen molar-refractivity contribution in [3.63, 3.8) is 0 Å². The first-order valence-corrected chi connectivity index (χ1v) is 13.3. The predicted molar refractivity (Wildman–Crippen MR) is 149 cm³/mol. The molecule has 0 aliphatic rings. The van der Waals surface area contributed by atoms with E-state index in [2.05, 4.69) is 79.7 Å². The van der Waals surface area contributed by atoms with Crippen LogP contribution in [0.3, 0.4) is 0 Å². The van der Waals surface area contributed by atoms with Gasteiger partial charge in [0, 0.05) is 6.61 Å². The molecule has 0 saturated carbocycles. The van der Waals surface area contributed by atoms with Crippen LogP contribution in [0, 0.1) is 11.8 Å². The van der Waals surface area contributed by atoms with Crippen LogP contribution in [-0.2, 0) is 28.8 Å². The third kappa shape index (κ3) is 8.64. The van der Waals surface area contributed by atoms with Gasteiger partial charge in [-0.15, -0.1) is 0 Å². The van der Waals surface area contributed by atoms with Crippen molar-refractivity contribution in [2.75, 3.05) is 6.61 Å². The molecule has 2 unspecified atom stereocenters. The Labute approximate surface area is 217 Å². The molecule has 0 radical (unpaired) electrons. The van der Waals surface area contributed by atoms with Gasteiger partial charge in [-0.05, 0) is 93.0 Å². The van der Waals surface area contributed by atoms with Gasteiger partial charge in [0.05, 0.1) is 5.92 Å². The summed E-state index contributed by atoms with van der Waals surface area (Å²) in [5.74, 6) is -0.373. The number of carbonyl (C=O) groups is 1. The van der Waals surface area contributed by atoms with Gasteiger partial charge in [-0.25, -0.2) is 0 Å². The monoisotopic (exact) mass is 486 g/mol. The van der Waals surface area contributed by atoms with Crippen molar-refractivity contribution in [1.29, 1.82) is 0 Å². The third-order valence-electron chi connectivity index (χ3n) is 6.82. The Kier molecular flexibility index (Phi) is 10.3. The lowest BCUT2D eigenvalue weighted by Gasteiger charge is -2.29. The summed E-state index contributed by atoms with van der Waals surface area (Å²) in [7, 11) is 0. The van der Waals surface area contributed by atoms with Crippen molar-refractivity contribution in [2.24, 2.45) is 11.8 Å². The fourth-order valence-corrected chi connectivity index (χ4v) is 4.75. The summed E-state index contributed by atoms with van der Waals surface area (Å²) in [4.78, 5) is 13.2. The van der Waals surface area contributed by atoms with Gasteiger partial charge >= 0.3 is 5.97 Å². The summed E-state index contributed by atoms with van der Waals surface area (Å²) in [5, 5.41) is 9.79. The summed E-state index contributed by atoms with van der Waals surface area (Å²) in [6, 6.07) is 27.9. The van der Waals surface area contributed by atoms with E-state index in [9.17, 15) is 9.90 Å². The summed E-state index contributed by atoms with van der Waals surface area (Å²) in [6.45, 7) is 7.85. The van der Waals surface area contributed by atoms with Crippen molar-refractivity contribution in [3.8, 4) is 11.1 Å². The van der Waals surface area contributed by atoms with Crippen LogP contribution in [-0.4, -0.2) is 23.3 Å². The lowest BCUT2D eigenvalue weighted by molar-refractivity contribution is -0.163. The predicted octanol–water partition coefficient (Wildman–Crippen LogP) is 7.44. The molecule has 3 aromatic rings. The molecular formula is C33H42O3. The van der Waals surface area contributed by atoms with Crippen molar-refractivity contribution in [1.82, 2.24) is 0 Å². The minimum absolute atomic E-state index is 0.0165. The van der Waals surface area contributed by atoms with Crippen molar-refractivity contribution < 1.29 is 14.6 Å². The maximum atomic E-state index is 13.2. The molecule has 0 spiro atoms. The fraction of sp³-hybridized carbons (Fsp3) is 0.424. The van der Waals surface area contributed by atoms with Gasteiger partial charge in [-0.3, -0.25) is 4.79 Å². The fourth-order valence-electron chi connectivity index (χ4n) is 4.75. The quantitative estimate of drug-likeness (QED) is 0.271. The Hall–Kier alpha value is -2.91. The highest BCUT2D eigenvalue weighted by molar-refractivity contribution is 5.73. The molecule has 0 fully saturated rings. The van der Waals surface area contributed by atoms with E-state index in [-0.39, 0.29) is 24.4 Å². The number of hydrogen-bond acceptors (Lipinski definition) is 3. The molecule has 3 heteroatoms. The number of aliphatic hydroxyl groups is 1. The minimum atomic E-state index is -0.543. The van der Waals surface area contributed by atoms with Crippen molar-refractivity contribution in [2.45, 2.75) is 71.8 Å². The zero-order chi connectivity index (χ0) is 26.0. The Bertz CT molecular complexity index is 1050. The van der Waals surface area contributed by atoms with Crippen molar-refractivity contribution in [3.05, 3.63) is 95.6 Å². The molecule has 0 aromatic heterocycles. The van der Waals surface area contributed by atoms with Gasteiger partial charge in [-0.2, -0.15) is 0 Å². The van der Waals surface area contributed by atoms with Crippen LogP contribution in [0.25, 0.3) is 11.1 Å². The van der Waals surface area contributed by atoms with E-state index in [1.165, 1.54) is 27.8 Å². The van der Waals surface area contributed by atoms with E-state index in [4.69, 9.17) is 4.74 Å². The molecule has 192 valence electrons. The molecule has 0 aliphatic carbocycles. The first-order chi connectivity index (χ1) is 17.3. The van der Waals surface area contributed by atoms with E-state index >= 15 is 0 Å². The van der Waals surface area contributed by atoms with Crippen LogP contribution in [0.4, 0.5) is 0 Å². The summed E-state index contributed by atoms with van der Waals surface area (Å²) in [5.41, 5.74) is 5.76. The van der Waals surface area contributed by atoms with E-state index in [0.29, 0.717) is 6.42 Å². The second kappa shape index (κ2) is 13.4. The van der Waals surface area contributed by atoms with E-state index < -0.39 is 5.60 Å². The van der Waals surface area contributed by atoms with Crippen LogP contribution >= 0.6 is 0 Å². The Balaban J connectivity index is 1.74. The largest absolute Gasteiger partial charge is 0.460 e. The molecule has 0 saturated heterocycles. The summed E-state index contributed by atoms with van der Waals surface area (Å²) in [6.07, 6.45) is 5.02. The number of carbonyl (C=O) groups excluding carboxylic acids is 1. The van der Waals surface area contributed by atoms with E-state index in [1.54, 1.807) is 0 Å². The zero-order valence-corrected chi connectivity index (χ0v) is 22.4. The average Bonchev–Trinajstić information content (AvgIpc) is 2.88. The second-order valence-corrected chi connectivity index (χ2v) is 10.7. The zero-order valence-electron chi connectivity index (χ0n) is 22.4. The third-order valence-corrected chi connectivity index (χ3v) is 6.82. The Morgan fingerprint density at radius 3 is 1.75 bits per heavy atom. The highest BCUT2D eigenvalue weighted by Gasteiger charge is 2.31. The summed E-state index contributed by atoms with van der Waals surface area (Å²) >= 11 is 0. The lowest BCUT2D eigenvalue weighted by atomic mass is 9.81. The van der Waals surface area contributed by atoms with Crippen molar-refractivity contribution >= 4 is 5.97 Å². The van der Waals surface area contributed by atoms with Crippen LogP contribution < -0.4 is 0 Å². The first kappa shape index (κ1) is 27.7. The summed E-state index contributed by atoms with van der Waals surface area (Å²) < 4.78 is 5.78. The standard InChI is InChI=1S/C33H42O3/c1-5-25-11-13-26(14-12-25)17-21-30(31(23-24-34)32(35)36-33(2,3)4)22-18-27-15-19-29(20-16-27)28-9-7-6-8-10-28/h6-16,19-20,30-31,34H,5,17-18,21-24H2,1-4H3. The first-order valence-electron chi connectivity index (χ1n) is 13.3. The number of rotatable bonds is 12. The molecule has 3 aromatic carbocycles. The molecule has 0 bridgehead atoms. The Morgan fingerprint density at radius 2 is 1.25 bits per heavy atom. The highest BCUT2D eigenvalue weighted by atomic mass is 16.6. The maximum absolute atomic E-state index is 13.2. The SMILES string of the molecule is CCc1ccc(CCC(CCc2ccc(-c3ccccc3)cc2)C(CCO)C(=O)OC(C)(C)C)cc1. The maximum Gasteiger partial charge on any atom is 0.309 e. The van der Waals surface area contributed by atoms with Gasteiger partial charge in [0.15, 0.2) is 0 Å². The van der Waals surface area contributed by atoms with Crippen LogP contribution in [0.15, 0.2) is 78.9 Å². The number of aliphatic hydroxyl groups excluding tert-OH is 1. The highest BCUT2D eigenvalue weighted by Crippen LogP contribution is 2.30. The molecule has 2 atom stereocenters. The van der Waals surface area contributed by atoms with Gasteiger partial charge in [0.2, 0.25) is 0 Å². The van der Waals surface area contributed by atoms with Crippen LogP contribution in [0.5, 0.6) is 0 Å². The molecule has 0 amide bonds. The van der Waals surface area contributed by atoms with E-state index in [0.717, 1.165) is 32.1 Å². The Morgan fingerprint density at radius 1 is 0.750 bits per heavy atom. The molecule has 3 nitrogen and oxygen atoms in total. The molecule has 36 heavy (non-hydrogen) atoms. The van der Waals surface area contributed by atoms with Gasteiger partial charge in [0.1, 0.15) is 5.60 Å². The molecule has 0 aliphatic heterocycles. The number of benzene rings is 3.